The van der Waals surface area contributed by atoms with Crippen LogP contribution in [0.25, 0.3) is 0 Å². The van der Waals surface area contributed by atoms with E-state index in [1.165, 1.54) is 0 Å². The molecule has 0 atom stereocenters. The van der Waals surface area contributed by atoms with Crippen LogP contribution in [0.15, 0.2) is 47.4 Å². The van der Waals surface area contributed by atoms with Gasteiger partial charge in [-0.3, -0.25) is 4.72 Å². The number of anilines is 1. The fraction of sp³-hybridized carbons (Fsp3) is 0.0769. The van der Waals surface area contributed by atoms with Gasteiger partial charge in [-0.15, -0.1) is 0 Å². The second-order valence-corrected chi connectivity index (χ2v) is 7.30. The molecule has 0 amide bonds. The Hall–Kier alpha value is -0.790. The minimum Gasteiger partial charge on any atom is -0.278 e. The standard InChI is InChI=1S/C13H11ClINO2S/c1-9-4-2-3-5-13(9)19(17,18)16-12-7-6-10(15)8-11(12)14/h2-8,16H,1H3. The van der Waals surface area contributed by atoms with E-state index in [1.807, 2.05) is 0 Å². The summed E-state index contributed by atoms with van der Waals surface area (Å²) in [7, 11) is -3.62. The van der Waals surface area contributed by atoms with Gasteiger partial charge >= 0.3 is 0 Å². The normalized spacial score (nSPS) is 11.3. The number of hydrogen-bond acceptors (Lipinski definition) is 2. The van der Waals surface area contributed by atoms with Gasteiger partial charge in [-0.25, -0.2) is 8.42 Å². The number of hydrogen-bond donors (Lipinski definition) is 1. The molecular weight excluding hydrogens is 397 g/mol. The van der Waals surface area contributed by atoms with Crippen LogP contribution in [0.4, 0.5) is 5.69 Å². The first kappa shape index (κ1) is 14.6. The molecule has 2 aromatic carbocycles. The van der Waals surface area contributed by atoms with Crippen molar-refractivity contribution in [1.82, 2.24) is 0 Å². The monoisotopic (exact) mass is 407 g/mol. The molecule has 0 bridgehead atoms. The number of rotatable bonds is 3. The molecule has 6 heteroatoms. The SMILES string of the molecule is Cc1ccccc1S(=O)(=O)Nc1ccc(I)cc1Cl. The summed E-state index contributed by atoms with van der Waals surface area (Å²) in [5, 5.41) is 0.379. The smallest absolute Gasteiger partial charge is 0.262 e. The van der Waals surface area contributed by atoms with Gasteiger partial charge in [0.1, 0.15) is 0 Å². The molecule has 0 fully saturated rings. The summed E-state index contributed by atoms with van der Waals surface area (Å²) in [5.41, 5.74) is 1.07. The highest BCUT2D eigenvalue weighted by Crippen LogP contribution is 2.27. The van der Waals surface area contributed by atoms with E-state index in [-0.39, 0.29) is 4.90 Å². The molecule has 0 radical (unpaired) electrons. The van der Waals surface area contributed by atoms with Gasteiger partial charge in [0.25, 0.3) is 10.0 Å². The summed E-state index contributed by atoms with van der Waals surface area (Å²) in [5.74, 6) is 0. The van der Waals surface area contributed by atoms with Crippen molar-refractivity contribution in [3.05, 3.63) is 56.6 Å². The zero-order valence-corrected chi connectivity index (χ0v) is 13.8. The second-order valence-electron chi connectivity index (χ2n) is 4.00. The molecule has 0 saturated heterocycles. The Kier molecular flexibility index (Phi) is 4.37. The minimum atomic E-state index is -3.62. The van der Waals surface area contributed by atoms with Crippen molar-refractivity contribution in [3.8, 4) is 0 Å². The van der Waals surface area contributed by atoms with Crippen LogP contribution < -0.4 is 4.72 Å². The van der Waals surface area contributed by atoms with Gasteiger partial charge in [0, 0.05) is 3.57 Å². The van der Waals surface area contributed by atoms with Gasteiger partial charge in [0.2, 0.25) is 0 Å². The third-order valence-electron chi connectivity index (χ3n) is 2.56. The van der Waals surface area contributed by atoms with Crippen LogP contribution in [0.1, 0.15) is 5.56 Å². The minimum absolute atomic E-state index is 0.254. The highest BCUT2D eigenvalue weighted by molar-refractivity contribution is 14.1. The molecule has 2 aromatic rings. The van der Waals surface area contributed by atoms with Crippen molar-refractivity contribution in [3.63, 3.8) is 0 Å². The summed E-state index contributed by atoms with van der Waals surface area (Å²) in [6.45, 7) is 1.75. The number of sulfonamides is 1. The van der Waals surface area contributed by atoms with Crippen molar-refractivity contribution >= 4 is 49.9 Å². The average Bonchev–Trinajstić information content (AvgIpc) is 2.33. The van der Waals surface area contributed by atoms with Crippen molar-refractivity contribution in [2.45, 2.75) is 11.8 Å². The molecule has 1 N–H and O–H groups in total. The van der Waals surface area contributed by atoms with Gasteiger partial charge in [0.05, 0.1) is 15.6 Å². The lowest BCUT2D eigenvalue weighted by molar-refractivity contribution is 0.600. The van der Waals surface area contributed by atoms with Crippen molar-refractivity contribution in [2.24, 2.45) is 0 Å². The number of aryl methyl sites for hydroxylation is 1. The molecule has 0 aliphatic heterocycles. The first-order chi connectivity index (χ1) is 8.90. The third kappa shape index (κ3) is 3.40. The molecule has 0 aromatic heterocycles. The maximum Gasteiger partial charge on any atom is 0.262 e. The first-order valence-electron chi connectivity index (χ1n) is 5.43. The molecule has 19 heavy (non-hydrogen) atoms. The predicted molar refractivity (Wildman–Crippen MR) is 86.2 cm³/mol. The van der Waals surface area contributed by atoms with Crippen LogP contribution >= 0.6 is 34.2 Å². The molecule has 2 rings (SSSR count). The highest BCUT2D eigenvalue weighted by Gasteiger charge is 2.17. The van der Waals surface area contributed by atoms with E-state index in [9.17, 15) is 8.42 Å². The van der Waals surface area contributed by atoms with E-state index in [4.69, 9.17) is 11.6 Å². The Labute approximate surface area is 131 Å². The van der Waals surface area contributed by atoms with E-state index < -0.39 is 10.0 Å². The largest absolute Gasteiger partial charge is 0.278 e. The zero-order valence-electron chi connectivity index (χ0n) is 10.0. The van der Waals surface area contributed by atoms with Crippen LogP contribution in [-0.4, -0.2) is 8.42 Å². The van der Waals surface area contributed by atoms with Crippen LogP contribution in [0.5, 0.6) is 0 Å². The van der Waals surface area contributed by atoms with E-state index in [1.54, 1.807) is 49.4 Å². The van der Waals surface area contributed by atoms with Crippen molar-refractivity contribution < 1.29 is 8.42 Å². The summed E-state index contributed by atoms with van der Waals surface area (Å²) in [6, 6.07) is 12.0. The molecule has 0 aliphatic carbocycles. The maximum absolute atomic E-state index is 12.3. The van der Waals surface area contributed by atoms with Gasteiger partial charge < -0.3 is 0 Å². The quantitative estimate of drug-likeness (QED) is 0.780. The third-order valence-corrected chi connectivity index (χ3v) is 5.07. The van der Waals surface area contributed by atoms with Crippen LogP contribution in [0.3, 0.4) is 0 Å². The zero-order chi connectivity index (χ0) is 14.0. The second kappa shape index (κ2) is 5.68. The number of nitrogens with one attached hydrogen (secondary N) is 1. The van der Waals surface area contributed by atoms with E-state index >= 15 is 0 Å². The number of halogens is 2. The Morgan fingerprint density at radius 1 is 1.16 bits per heavy atom. The Bertz CT molecular complexity index is 716. The topological polar surface area (TPSA) is 46.2 Å². The summed E-state index contributed by atoms with van der Waals surface area (Å²) >= 11 is 8.15. The van der Waals surface area contributed by atoms with Gasteiger partial charge in [-0.05, 0) is 59.3 Å². The van der Waals surface area contributed by atoms with E-state index in [0.717, 1.165) is 3.57 Å². The van der Waals surface area contributed by atoms with Crippen molar-refractivity contribution in [2.75, 3.05) is 4.72 Å². The molecule has 3 nitrogen and oxygen atoms in total. The molecule has 0 aliphatic rings. The lowest BCUT2D eigenvalue weighted by atomic mass is 10.2. The van der Waals surface area contributed by atoms with E-state index in [0.29, 0.717) is 16.3 Å². The highest BCUT2D eigenvalue weighted by atomic mass is 127. The average molecular weight is 408 g/mol. The van der Waals surface area contributed by atoms with Gasteiger partial charge in [-0.1, -0.05) is 29.8 Å². The maximum atomic E-state index is 12.3. The molecule has 0 unspecified atom stereocenters. The molecule has 0 saturated carbocycles. The van der Waals surface area contributed by atoms with Gasteiger partial charge in [-0.2, -0.15) is 0 Å². The Morgan fingerprint density at radius 2 is 1.84 bits per heavy atom. The summed E-state index contributed by atoms with van der Waals surface area (Å²) < 4.78 is 28.0. The first-order valence-corrected chi connectivity index (χ1v) is 8.37. The van der Waals surface area contributed by atoms with E-state index in [2.05, 4.69) is 27.3 Å². The van der Waals surface area contributed by atoms with Gasteiger partial charge in [0.15, 0.2) is 0 Å². The molecule has 0 spiro atoms. The summed E-state index contributed by atoms with van der Waals surface area (Å²) in [4.78, 5) is 0.254. The Morgan fingerprint density at radius 3 is 2.47 bits per heavy atom. The molecule has 100 valence electrons. The Balaban J connectivity index is 2.40. The lowest BCUT2D eigenvalue weighted by Crippen LogP contribution is -2.14. The van der Waals surface area contributed by atoms with Crippen LogP contribution in [0, 0.1) is 10.5 Å². The van der Waals surface area contributed by atoms with Crippen LogP contribution in [0.2, 0.25) is 5.02 Å². The number of benzene rings is 2. The van der Waals surface area contributed by atoms with Crippen molar-refractivity contribution in [1.29, 1.82) is 0 Å². The predicted octanol–water partition coefficient (Wildman–Crippen LogP) is 4.05. The lowest BCUT2D eigenvalue weighted by Gasteiger charge is -2.11. The molecular formula is C13H11ClINO2S. The fourth-order valence-corrected chi connectivity index (χ4v) is 3.92. The fourth-order valence-electron chi connectivity index (χ4n) is 1.63. The molecule has 0 heterocycles. The van der Waals surface area contributed by atoms with Crippen LogP contribution in [-0.2, 0) is 10.0 Å². The summed E-state index contributed by atoms with van der Waals surface area (Å²) in [6.07, 6.45) is 0.